The molecule has 1 amide bonds. The van der Waals surface area contributed by atoms with Crippen LogP contribution in [-0.4, -0.2) is 11.9 Å². The van der Waals surface area contributed by atoms with E-state index >= 15 is 0 Å². The summed E-state index contributed by atoms with van der Waals surface area (Å²) in [6.07, 6.45) is 8.93. The summed E-state index contributed by atoms with van der Waals surface area (Å²) in [5.74, 6) is 0.246. The SMILES string of the molecule is O=C(NC1C=CCCC1)c1ccco1. The predicted molar refractivity (Wildman–Crippen MR) is 53.0 cm³/mol. The van der Waals surface area contributed by atoms with Gasteiger partial charge in [-0.2, -0.15) is 0 Å². The average Bonchev–Trinajstić information content (AvgIpc) is 2.72. The molecule has 1 unspecified atom stereocenters. The summed E-state index contributed by atoms with van der Waals surface area (Å²) in [5, 5.41) is 2.90. The number of carbonyl (C=O) groups is 1. The fourth-order valence-electron chi connectivity index (χ4n) is 1.58. The normalized spacial score (nSPS) is 20.7. The molecule has 1 aromatic rings. The van der Waals surface area contributed by atoms with Gasteiger partial charge in [0, 0.05) is 6.04 Å². The Balaban J connectivity index is 1.94. The van der Waals surface area contributed by atoms with Crippen LogP contribution in [0, 0.1) is 0 Å². The molecule has 0 aromatic carbocycles. The molecule has 1 aromatic heterocycles. The summed E-state index contributed by atoms with van der Waals surface area (Å²) in [6, 6.07) is 3.55. The van der Waals surface area contributed by atoms with Gasteiger partial charge in [-0.05, 0) is 31.4 Å². The molecule has 1 aliphatic rings. The van der Waals surface area contributed by atoms with Crippen LogP contribution >= 0.6 is 0 Å². The summed E-state index contributed by atoms with van der Waals surface area (Å²) in [5.41, 5.74) is 0. The van der Waals surface area contributed by atoms with Crippen molar-refractivity contribution in [1.82, 2.24) is 5.32 Å². The molecule has 3 heteroatoms. The molecule has 14 heavy (non-hydrogen) atoms. The summed E-state index contributed by atoms with van der Waals surface area (Å²) in [7, 11) is 0. The van der Waals surface area contributed by atoms with Crippen molar-refractivity contribution in [3.05, 3.63) is 36.3 Å². The highest BCUT2D eigenvalue weighted by Crippen LogP contribution is 2.11. The molecule has 74 valence electrons. The van der Waals surface area contributed by atoms with Crippen molar-refractivity contribution in [2.45, 2.75) is 25.3 Å². The van der Waals surface area contributed by atoms with Crippen molar-refractivity contribution >= 4 is 5.91 Å². The predicted octanol–water partition coefficient (Wildman–Crippen LogP) is 2.12. The third kappa shape index (κ3) is 2.05. The second-order valence-electron chi connectivity index (χ2n) is 3.42. The maximum atomic E-state index is 11.5. The van der Waals surface area contributed by atoms with E-state index in [1.165, 1.54) is 6.26 Å². The second kappa shape index (κ2) is 4.13. The number of hydrogen-bond donors (Lipinski definition) is 1. The van der Waals surface area contributed by atoms with Gasteiger partial charge in [0.2, 0.25) is 0 Å². The number of allylic oxidation sites excluding steroid dienone is 1. The van der Waals surface area contributed by atoms with Gasteiger partial charge in [0.05, 0.1) is 6.26 Å². The molecule has 3 nitrogen and oxygen atoms in total. The van der Waals surface area contributed by atoms with Crippen LogP contribution in [0.25, 0.3) is 0 Å². The molecule has 0 fully saturated rings. The molecular formula is C11H13NO2. The van der Waals surface area contributed by atoms with E-state index in [0.29, 0.717) is 5.76 Å². The number of rotatable bonds is 2. The van der Waals surface area contributed by atoms with Gasteiger partial charge >= 0.3 is 0 Å². The Morgan fingerprint density at radius 2 is 2.50 bits per heavy atom. The molecule has 1 heterocycles. The van der Waals surface area contributed by atoms with Crippen LogP contribution in [0.1, 0.15) is 29.8 Å². The van der Waals surface area contributed by atoms with Crippen molar-refractivity contribution < 1.29 is 9.21 Å². The van der Waals surface area contributed by atoms with E-state index < -0.39 is 0 Å². The standard InChI is InChI=1S/C11H13NO2/c13-11(10-7-4-8-14-10)12-9-5-2-1-3-6-9/h2,4-5,7-9H,1,3,6H2,(H,12,13). The summed E-state index contributed by atoms with van der Waals surface area (Å²) in [4.78, 5) is 11.5. The van der Waals surface area contributed by atoms with Crippen LogP contribution in [0.3, 0.4) is 0 Å². The molecule has 1 atom stereocenters. The third-order valence-corrected chi connectivity index (χ3v) is 2.32. The van der Waals surface area contributed by atoms with Gasteiger partial charge in [-0.25, -0.2) is 0 Å². The maximum absolute atomic E-state index is 11.5. The molecule has 1 N–H and O–H groups in total. The minimum Gasteiger partial charge on any atom is -0.459 e. The molecule has 0 aliphatic heterocycles. The van der Waals surface area contributed by atoms with Gasteiger partial charge < -0.3 is 9.73 Å². The zero-order chi connectivity index (χ0) is 9.80. The van der Waals surface area contributed by atoms with Crippen LogP contribution in [0.4, 0.5) is 0 Å². The van der Waals surface area contributed by atoms with E-state index in [0.717, 1.165) is 19.3 Å². The number of carbonyl (C=O) groups excluding carboxylic acids is 1. The third-order valence-electron chi connectivity index (χ3n) is 2.32. The molecule has 0 radical (unpaired) electrons. The van der Waals surface area contributed by atoms with E-state index in [9.17, 15) is 4.79 Å². The van der Waals surface area contributed by atoms with Crippen molar-refractivity contribution in [2.75, 3.05) is 0 Å². The van der Waals surface area contributed by atoms with Crippen molar-refractivity contribution in [2.24, 2.45) is 0 Å². The lowest BCUT2D eigenvalue weighted by molar-refractivity contribution is 0.0914. The largest absolute Gasteiger partial charge is 0.459 e. The molecule has 0 spiro atoms. The molecule has 2 rings (SSSR count). The Hall–Kier alpha value is -1.51. The Morgan fingerprint density at radius 3 is 3.14 bits per heavy atom. The molecule has 0 saturated heterocycles. The molecule has 0 saturated carbocycles. The van der Waals surface area contributed by atoms with E-state index in [1.807, 2.05) is 6.08 Å². The highest BCUT2D eigenvalue weighted by molar-refractivity contribution is 5.91. The highest BCUT2D eigenvalue weighted by atomic mass is 16.3. The van der Waals surface area contributed by atoms with Crippen LogP contribution < -0.4 is 5.32 Å². The number of furan rings is 1. The van der Waals surface area contributed by atoms with Crippen LogP contribution in [0.15, 0.2) is 35.0 Å². The minimum absolute atomic E-state index is 0.133. The van der Waals surface area contributed by atoms with Gasteiger partial charge in [-0.1, -0.05) is 12.2 Å². The zero-order valence-electron chi connectivity index (χ0n) is 7.90. The molecule has 1 aliphatic carbocycles. The van der Waals surface area contributed by atoms with Gasteiger partial charge in [-0.3, -0.25) is 4.79 Å². The van der Waals surface area contributed by atoms with E-state index in [4.69, 9.17) is 4.42 Å². The fraction of sp³-hybridized carbons (Fsp3) is 0.364. The molecule has 0 bridgehead atoms. The summed E-state index contributed by atoms with van der Waals surface area (Å²) >= 11 is 0. The van der Waals surface area contributed by atoms with Crippen molar-refractivity contribution in [3.63, 3.8) is 0 Å². The van der Waals surface area contributed by atoms with E-state index in [1.54, 1.807) is 12.1 Å². The topological polar surface area (TPSA) is 42.2 Å². The monoisotopic (exact) mass is 191 g/mol. The zero-order valence-corrected chi connectivity index (χ0v) is 7.90. The van der Waals surface area contributed by atoms with Crippen LogP contribution in [0.2, 0.25) is 0 Å². The quantitative estimate of drug-likeness (QED) is 0.727. The Labute approximate surface area is 82.8 Å². The van der Waals surface area contributed by atoms with Crippen molar-refractivity contribution in [3.8, 4) is 0 Å². The Bertz CT molecular complexity index is 327. The van der Waals surface area contributed by atoms with Crippen LogP contribution in [-0.2, 0) is 0 Å². The number of amides is 1. The Morgan fingerprint density at radius 1 is 1.57 bits per heavy atom. The average molecular weight is 191 g/mol. The first-order chi connectivity index (χ1) is 6.86. The van der Waals surface area contributed by atoms with Crippen LogP contribution in [0.5, 0.6) is 0 Å². The Kier molecular flexibility index (Phi) is 2.68. The second-order valence-corrected chi connectivity index (χ2v) is 3.42. The maximum Gasteiger partial charge on any atom is 0.287 e. The number of nitrogens with one attached hydrogen (secondary N) is 1. The fourth-order valence-corrected chi connectivity index (χ4v) is 1.58. The lowest BCUT2D eigenvalue weighted by Crippen LogP contribution is -2.33. The highest BCUT2D eigenvalue weighted by Gasteiger charge is 2.14. The van der Waals surface area contributed by atoms with Gasteiger partial charge in [-0.15, -0.1) is 0 Å². The molecular weight excluding hydrogens is 178 g/mol. The lowest BCUT2D eigenvalue weighted by Gasteiger charge is -2.16. The first kappa shape index (κ1) is 9.06. The van der Waals surface area contributed by atoms with E-state index in [2.05, 4.69) is 11.4 Å². The first-order valence-corrected chi connectivity index (χ1v) is 4.87. The van der Waals surface area contributed by atoms with Gasteiger partial charge in [0.1, 0.15) is 0 Å². The lowest BCUT2D eigenvalue weighted by atomic mass is 10.0. The smallest absolute Gasteiger partial charge is 0.287 e. The van der Waals surface area contributed by atoms with Gasteiger partial charge in [0.15, 0.2) is 5.76 Å². The summed E-state index contributed by atoms with van der Waals surface area (Å²) < 4.78 is 5.00. The van der Waals surface area contributed by atoms with E-state index in [-0.39, 0.29) is 11.9 Å². The number of hydrogen-bond acceptors (Lipinski definition) is 2. The summed E-state index contributed by atoms with van der Waals surface area (Å²) in [6.45, 7) is 0. The first-order valence-electron chi connectivity index (χ1n) is 4.87. The minimum atomic E-state index is -0.133. The van der Waals surface area contributed by atoms with Crippen molar-refractivity contribution in [1.29, 1.82) is 0 Å². The van der Waals surface area contributed by atoms with Gasteiger partial charge in [0.25, 0.3) is 5.91 Å².